The summed E-state index contributed by atoms with van der Waals surface area (Å²) in [6, 6.07) is 57.8. The summed E-state index contributed by atoms with van der Waals surface area (Å²) in [6.45, 7) is 0. The van der Waals surface area contributed by atoms with Crippen LogP contribution in [0.5, 0.6) is 0 Å². The number of rotatable bonds is 4. The maximum Gasteiger partial charge on any atom is 0.0641 e. The zero-order valence-corrected chi connectivity index (χ0v) is 24.6. The molecule has 0 spiro atoms. The lowest BCUT2D eigenvalue weighted by molar-refractivity contribution is 1.25. The van der Waals surface area contributed by atoms with Crippen LogP contribution in [-0.4, -0.2) is 4.40 Å². The topological polar surface area (TPSA) is 7.65 Å². The van der Waals surface area contributed by atoms with Crippen molar-refractivity contribution in [2.75, 3.05) is 4.90 Å². The van der Waals surface area contributed by atoms with Crippen molar-refractivity contribution in [3.63, 3.8) is 0 Å². The second-order valence-corrected chi connectivity index (χ2v) is 12.1. The maximum absolute atomic E-state index is 2.51. The number of aromatic nitrogens is 1. The fourth-order valence-electron chi connectivity index (χ4n) is 7.83. The quantitative estimate of drug-likeness (QED) is 0.204. The third kappa shape index (κ3) is 3.45. The van der Waals surface area contributed by atoms with Crippen LogP contribution in [0.4, 0.5) is 17.1 Å². The van der Waals surface area contributed by atoms with Crippen molar-refractivity contribution in [1.82, 2.24) is 4.40 Å². The summed E-state index contributed by atoms with van der Waals surface area (Å²) >= 11 is 0. The second-order valence-electron chi connectivity index (χ2n) is 12.1. The predicted octanol–water partition coefficient (Wildman–Crippen LogP) is 11.5. The van der Waals surface area contributed by atoms with Crippen molar-refractivity contribution in [2.24, 2.45) is 0 Å². The number of benzene rings is 7. The molecule has 1 aliphatic carbocycles. The molecule has 10 rings (SSSR count). The first kappa shape index (κ1) is 24.6. The third-order valence-corrected chi connectivity index (χ3v) is 9.74. The van der Waals surface area contributed by atoms with Gasteiger partial charge in [0, 0.05) is 32.8 Å². The Morgan fingerprint density at radius 1 is 0.444 bits per heavy atom. The predicted molar refractivity (Wildman–Crippen MR) is 189 cm³/mol. The van der Waals surface area contributed by atoms with Gasteiger partial charge < -0.3 is 9.30 Å². The molecule has 0 aliphatic heterocycles. The Labute approximate surface area is 261 Å². The molecule has 0 atom stereocenters. The lowest BCUT2D eigenvalue weighted by atomic mass is 9.99. The summed E-state index contributed by atoms with van der Waals surface area (Å²) in [5.41, 5.74) is 15.2. The Balaban J connectivity index is 1.30. The molecule has 210 valence electrons. The number of hydrogen-bond donors (Lipinski definition) is 0. The standard InChI is InChI=1S/C43H28N2/c1-2-11-28(12-3-1)29-21-23-32(24-22-29)44(39-20-10-14-31-27-30-13-4-5-15-33(30)41(31)39)40-26-25-35-34-16-6-8-18-37(34)45-38-19-9-7-17-36(38)42(40)43(35)45/h1-26H,27H2. The summed E-state index contributed by atoms with van der Waals surface area (Å²) in [4.78, 5) is 2.51. The number of hydrogen-bond acceptors (Lipinski definition) is 1. The van der Waals surface area contributed by atoms with Crippen LogP contribution in [0, 0.1) is 0 Å². The van der Waals surface area contributed by atoms with Crippen LogP contribution in [0.2, 0.25) is 0 Å². The minimum Gasteiger partial charge on any atom is -0.309 e. The zero-order valence-electron chi connectivity index (χ0n) is 24.6. The summed E-state index contributed by atoms with van der Waals surface area (Å²) in [6.07, 6.45) is 0.961. The van der Waals surface area contributed by atoms with E-state index in [1.165, 1.54) is 82.9 Å². The van der Waals surface area contributed by atoms with Crippen LogP contribution >= 0.6 is 0 Å². The summed E-state index contributed by atoms with van der Waals surface area (Å²) in [5, 5.41) is 5.15. The minimum atomic E-state index is 0.961. The van der Waals surface area contributed by atoms with Gasteiger partial charge in [-0.05, 0) is 70.6 Å². The molecule has 0 saturated carbocycles. The fourth-order valence-corrected chi connectivity index (χ4v) is 7.83. The molecule has 2 heteroatoms. The van der Waals surface area contributed by atoms with E-state index in [4.69, 9.17) is 0 Å². The Hall–Kier alpha value is -5.86. The average molecular weight is 573 g/mol. The van der Waals surface area contributed by atoms with Gasteiger partial charge in [0.05, 0.1) is 27.9 Å². The monoisotopic (exact) mass is 572 g/mol. The van der Waals surface area contributed by atoms with E-state index in [2.05, 4.69) is 167 Å². The zero-order chi connectivity index (χ0) is 29.5. The Kier molecular flexibility index (Phi) is 5.09. The van der Waals surface area contributed by atoms with Crippen molar-refractivity contribution in [3.05, 3.63) is 169 Å². The van der Waals surface area contributed by atoms with E-state index in [0.717, 1.165) is 12.1 Å². The van der Waals surface area contributed by atoms with Gasteiger partial charge in [0.1, 0.15) is 0 Å². The van der Waals surface area contributed by atoms with Gasteiger partial charge in [0.25, 0.3) is 0 Å². The molecule has 2 aromatic heterocycles. The molecule has 9 aromatic rings. The Bertz CT molecular complexity index is 2560. The Morgan fingerprint density at radius 2 is 1.11 bits per heavy atom. The molecular weight excluding hydrogens is 544 g/mol. The van der Waals surface area contributed by atoms with Gasteiger partial charge in [0.2, 0.25) is 0 Å². The van der Waals surface area contributed by atoms with Crippen molar-refractivity contribution >= 4 is 55.2 Å². The SMILES string of the molecule is c1ccc(-c2ccc(N(c3cccc4c3-c3ccccc3C4)c3ccc4c5ccccc5n5c6ccccc6c3c45)cc2)cc1. The average Bonchev–Trinajstić information content (AvgIpc) is 3.77. The van der Waals surface area contributed by atoms with Crippen LogP contribution in [0.3, 0.4) is 0 Å². The van der Waals surface area contributed by atoms with Gasteiger partial charge in [-0.3, -0.25) is 0 Å². The molecule has 2 nitrogen and oxygen atoms in total. The van der Waals surface area contributed by atoms with E-state index in [1.807, 2.05) is 0 Å². The summed E-state index contributed by atoms with van der Waals surface area (Å²) in [7, 11) is 0. The van der Waals surface area contributed by atoms with Crippen molar-refractivity contribution in [3.8, 4) is 22.3 Å². The molecule has 45 heavy (non-hydrogen) atoms. The summed E-state index contributed by atoms with van der Waals surface area (Å²) in [5.74, 6) is 0. The highest BCUT2D eigenvalue weighted by Crippen LogP contribution is 2.51. The molecule has 0 radical (unpaired) electrons. The number of fused-ring (bicyclic) bond motifs is 9. The molecule has 0 amide bonds. The molecule has 0 unspecified atom stereocenters. The van der Waals surface area contributed by atoms with Crippen LogP contribution in [0.1, 0.15) is 11.1 Å². The van der Waals surface area contributed by atoms with Crippen molar-refractivity contribution in [2.45, 2.75) is 6.42 Å². The molecule has 0 N–H and O–H groups in total. The van der Waals surface area contributed by atoms with E-state index in [9.17, 15) is 0 Å². The van der Waals surface area contributed by atoms with Gasteiger partial charge in [-0.2, -0.15) is 0 Å². The number of para-hydroxylation sites is 2. The van der Waals surface area contributed by atoms with Gasteiger partial charge in [-0.25, -0.2) is 0 Å². The van der Waals surface area contributed by atoms with Gasteiger partial charge in [0.15, 0.2) is 0 Å². The van der Waals surface area contributed by atoms with Crippen LogP contribution in [0.15, 0.2) is 158 Å². The van der Waals surface area contributed by atoms with E-state index >= 15 is 0 Å². The molecular formula is C43H28N2. The summed E-state index contributed by atoms with van der Waals surface area (Å²) < 4.78 is 2.47. The van der Waals surface area contributed by atoms with Crippen LogP contribution in [0.25, 0.3) is 60.3 Å². The molecule has 7 aromatic carbocycles. The lowest BCUT2D eigenvalue weighted by Crippen LogP contribution is -2.12. The molecule has 0 saturated heterocycles. The molecule has 1 aliphatic rings. The van der Waals surface area contributed by atoms with E-state index in [1.54, 1.807) is 0 Å². The highest BCUT2D eigenvalue weighted by Gasteiger charge is 2.28. The van der Waals surface area contributed by atoms with Crippen LogP contribution < -0.4 is 4.90 Å². The van der Waals surface area contributed by atoms with E-state index in [0.29, 0.717) is 0 Å². The highest BCUT2D eigenvalue weighted by molar-refractivity contribution is 6.27. The number of anilines is 3. The smallest absolute Gasteiger partial charge is 0.0641 e. The normalized spacial score (nSPS) is 12.4. The lowest BCUT2D eigenvalue weighted by Gasteiger charge is -2.29. The second kappa shape index (κ2) is 9.32. The van der Waals surface area contributed by atoms with Crippen molar-refractivity contribution in [1.29, 1.82) is 0 Å². The molecule has 0 bridgehead atoms. The van der Waals surface area contributed by atoms with Gasteiger partial charge in [-0.15, -0.1) is 0 Å². The highest BCUT2D eigenvalue weighted by atomic mass is 15.1. The Morgan fingerprint density at radius 3 is 1.96 bits per heavy atom. The first-order valence-corrected chi connectivity index (χ1v) is 15.7. The molecule has 2 heterocycles. The maximum atomic E-state index is 2.51. The fraction of sp³-hybridized carbons (Fsp3) is 0.0233. The van der Waals surface area contributed by atoms with E-state index < -0.39 is 0 Å². The largest absolute Gasteiger partial charge is 0.309 e. The molecule has 0 fully saturated rings. The first-order valence-electron chi connectivity index (χ1n) is 15.7. The van der Waals surface area contributed by atoms with E-state index in [-0.39, 0.29) is 0 Å². The van der Waals surface area contributed by atoms with Crippen molar-refractivity contribution < 1.29 is 0 Å². The number of nitrogens with zero attached hydrogens (tertiary/aromatic N) is 2. The third-order valence-electron chi connectivity index (χ3n) is 9.74. The van der Waals surface area contributed by atoms with Gasteiger partial charge >= 0.3 is 0 Å². The minimum absolute atomic E-state index is 0.961. The van der Waals surface area contributed by atoms with Crippen LogP contribution in [-0.2, 0) is 6.42 Å². The van der Waals surface area contributed by atoms with Gasteiger partial charge in [-0.1, -0.05) is 121 Å². The first-order chi connectivity index (χ1) is 22.3.